The first kappa shape index (κ1) is 19.1. The number of nitrogens with one attached hydrogen (secondary N) is 2. The summed E-state index contributed by atoms with van der Waals surface area (Å²) in [6, 6.07) is -2.98. The second-order valence-corrected chi connectivity index (χ2v) is 4.91. The highest BCUT2D eigenvalue weighted by Crippen LogP contribution is 1.97. The number of nitrogens with two attached hydrogens (primary N) is 1. The van der Waals surface area contributed by atoms with E-state index >= 15 is 0 Å². The Kier molecular flexibility index (Phi) is 8.74. The third kappa shape index (κ3) is 6.06. The molecule has 0 rings (SSSR count). The van der Waals surface area contributed by atoms with E-state index < -0.39 is 48.8 Å². The van der Waals surface area contributed by atoms with E-state index in [1.165, 1.54) is 13.8 Å². The molecular weight excluding hydrogens is 286 g/mol. The van der Waals surface area contributed by atoms with E-state index in [4.69, 9.17) is 10.8 Å². The quantitative estimate of drug-likeness (QED) is 0.237. The number of hydrogen-bond donors (Lipinski definition) is 7. The van der Waals surface area contributed by atoms with Gasteiger partial charge in [0.25, 0.3) is 0 Å². The summed E-state index contributed by atoms with van der Waals surface area (Å²) in [5.41, 5.74) is 5.44. The summed E-state index contributed by atoms with van der Waals surface area (Å²) in [5, 5.41) is 32.3. The number of thiol groups is 1. The topological polar surface area (TPSA) is 145 Å². The van der Waals surface area contributed by atoms with Gasteiger partial charge in [0, 0.05) is 5.75 Å². The maximum Gasteiger partial charge on any atom is 0.243 e. The van der Waals surface area contributed by atoms with E-state index in [9.17, 15) is 19.8 Å². The van der Waals surface area contributed by atoms with Crippen molar-refractivity contribution in [1.82, 2.24) is 10.6 Å². The van der Waals surface area contributed by atoms with Gasteiger partial charge in [0.05, 0.1) is 24.9 Å². The van der Waals surface area contributed by atoms with Crippen molar-refractivity contribution in [3.8, 4) is 0 Å². The molecule has 4 unspecified atom stereocenters. The molecule has 0 radical (unpaired) electrons. The highest BCUT2D eigenvalue weighted by Gasteiger charge is 2.27. The van der Waals surface area contributed by atoms with Crippen LogP contribution in [-0.4, -0.2) is 69.8 Å². The van der Waals surface area contributed by atoms with Crippen LogP contribution in [-0.2, 0) is 9.59 Å². The molecule has 0 saturated heterocycles. The van der Waals surface area contributed by atoms with Crippen LogP contribution in [0.15, 0.2) is 0 Å². The molecule has 0 aliphatic heterocycles. The fourth-order valence-electron chi connectivity index (χ4n) is 1.28. The van der Waals surface area contributed by atoms with Crippen molar-refractivity contribution in [3.63, 3.8) is 0 Å². The van der Waals surface area contributed by atoms with Crippen LogP contribution in [0.5, 0.6) is 0 Å². The Hall–Kier alpha value is -0.870. The van der Waals surface area contributed by atoms with Crippen LogP contribution in [0.1, 0.15) is 13.8 Å². The van der Waals surface area contributed by atoms with Gasteiger partial charge in [-0.1, -0.05) is 0 Å². The Morgan fingerprint density at radius 2 is 1.70 bits per heavy atom. The Labute approximate surface area is 123 Å². The van der Waals surface area contributed by atoms with Gasteiger partial charge in [0.1, 0.15) is 12.1 Å². The summed E-state index contributed by atoms with van der Waals surface area (Å²) in [4.78, 5) is 23.5. The third-order valence-corrected chi connectivity index (χ3v) is 3.11. The Morgan fingerprint density at radius 3 is 2.05 bits per heavy atom. The van der Waals surface area contributed by atoms with Gasteiger partial charge in [-0.05, 0) is 13.8 Å². The van der Waals surface area contributed by atoms with Crippen LogP contribution in [0.4, 0.5) is 0 Å². The molecule has 0 bridgehead atoms. The van der Waals surface area contributed by atoms with Gasteiger partial charge >= 0.3 is 0 Å². The monoisotopic (exact) mass is 309 g/mol. The number of aliphatic hydroxyl groups is 3. The van der Waals surface area contributed by atoms with E-state index in [0.717, 1.165) is 0 Å². The molecule has 0 heterocycles. The Morgan fingerprint density at radius 1 is 1.15 bits per heavy atom. The third-order valence-electron chi connectivity index (χ3n) is 2.74. The Balaban J connectivity index is 4.60. The molecule has 0 aliphatic rings. The maximum absolute atomic E-state index is 11.9. The van der Waals surface area contributed by atoms with Crippen LogP contribution in [0.25, 0.3) is 0 Å². The molecule has 7 N–H and O–H groups in total. The van der Waals surface area contributed by atoms with E-state index in [1.807, 2.05) is 0 Å². The molecule has 8 nitrogen and oxygen atoms in total. The summed E-state index contributed by atoms with van der Waals surface area (Å²) in [6.45, 7) is 2.33. The molecule has 0 saturated carbocycles. The van der Waals surface area contributed by atoms with E-state index in [1.54, 1.807) is 0 Å². The van der Waals surface area contributed by atoms with Gasteiger partial charge in [-0.3, -0.25) is 9.59 Å². The lowest BCUT2D eigenvalue weighted by atomic mass is 10.1. The summed E-state index contributed by atoms with van der Waals surface area (Å²) >= 11 is 3.95. The molecule has 0 spiro atoms. The zero-order valence-electron chi connectivity index (χ0n) is 11.5. The molecule has 5 atom stereocenters. The Bertz CT molecular complexity index is 327. The summed E-state index contributed by atoms with van der Waals surface area (Å²) in [5.74, 6) is -1.29. The van der Waals surface area contributed by atoms with Crippen molar-refractivity contribution >= 4 is 24.4 Å². The highest BCUT2D eigenvalue weighted by molar-refractivity contribution is 7.80. The second kappa shape index (κ2) is 9.14. The normalized spacial score (nSPS) is 18.6. The molecule has 0 aromatic carbocycles. The lowest BCUT2D eigenvalue weighted by Crippen LogP contribution is -2.57. The zero-order valence-corrected chi connectivity index (χ0v) is 12.4. The molecule has 0 aliphatic carbocycles. The first-order chi connectivity index (χ1) is 9.24. The predicted octanol–water partition coefficient (Wildman–Crippen LogP) is -3.03. The van der Waals surface area contributed by atoms with Gasteiger partial charge in [-0.2, -0.15) is 12.6 Å². The zero-order chi connectivity index (χ0) is 15.9. The van der Waals surface area contributed by atoms with Crippen LogP contribution < -0.4 is 16.4 Å². The minimum absolute atomic E-state index is 0.00204. The number of aliphatic hydroxyl groups excluding tert-OH is 3. The van der Waals surface area contributed by atoms with Crippen molar-refractivity contribution < 1.29 is 24.9 Å². The first-order valence-corrected chi connectivity index (χ1v) is 6.82. The summed E-state index contributed by atoms with van der Waals surface area (Å²) in [7, 11) is 0. The average Bonchev–Trinajstić information content (AvgIpc) is 2.39. The maximum atomic E-state index is 11.9. The molecule has 0 aromatic heterocycles. The number of rotatable bonds is 8. The van der Waals surface area contributed by atoms with Crippen molar-refractivity contribution in [2.45, 2.75) is 44.2 Å². The van der Waals surface area contributed by atoms with Gasteiger partial charge < -0.3 is 31.7 Å². The molecule has 9 heteroatoms. The van der Waals surface area contributed by atoms with E-state index in [-0.39, 0.29) is 5.75 Å². The first-order valence-electron chi connectivity index (χ1n) is 6.18. The number of carbonyl (C=O) groups is 2. The smallest absolute Gasteiger partial charge is 0.243 e. The van der Waals surface area contributed by atoms with Gasteiger partial charge in [0.15, 0.2) is 0 Å². The SMILES string of the molecule is CC(O)C(CO)NC(=O)[C@H](CS)NC(=O)C(N)C(C)O. The van der Waals surface area contributed by atoms with Gasteiger partial charge in [-0.25, -0.2) is 0 Å². The fourth-order valence-corrected chi connectivity index (χ4v) is 1.54. The van der Waals surface area contributed by atoms with E-state index in [0.29, 0.717) is 0 Å². The number of hydrogen-bond acceptors (Lipinski definition) is 7. The van der Waals surface area contributed by atoms with Crippen LogP contribution in [0.2, 0.25) is 0 Å². The largest absolute Gasteiger partial charge is 0.394 e. The minimum atomic E-state index is -1.16. The van der Waals surface area contributed by atoms with Crippen LogP contribution >= 0.6 is 12.6 Å². The van der Waals surface area contributed by atoms with E-state index in [2.05, 4.69) is 23.3 Å². The standard InChI is InChI=1S/C11H23N3O5S/c1-5(16)7(3-15)13-10(18)8(4-20)14-11(19)9(12)6(2)17/h5-9,15-17,20H,3-4,12H2,1-2H3,(H,13,18)(H,14,19)/t5?,6?,7?,8-,9?/m0/s1. The van der Waals surface area contributed by atoms with Crippen LogP contribution in [0, 0.1) is 0 Å². The van der Waals surface area contributed by atoms with Crippen LogP contribution in [0.3, 0.4) is 0 Å². The lowest BCUT2D eigenvalue weighted by molar-refractivity contribution is -0.131. The van der Waals surface area contributed by atoms with Gasteiger partial charge in [-0.15, -0.1) is 0 Å². The molecule has 0 fully saturated rings. The number of amides is 2. The molecule has 0 aromatic rings. The van der Waals surface area contributed by atoms with Gasteiger partial charge in [0.2, 0.25) is 11.8 Å². The molecule has 2 amide bonds. The summed E-state index contributed by atoms with van der Waals surface area (Å²) < 4.78 is 0. The molecule has 118 valence electrons. The lowest BCUT2D eigenvalue weighted by Gasteiger charge is -2.24. The predicted molar refractivity (Wildman–Crippen MR) is 76.1 cm³/mol. The molecular formula is C11H23N3O5S. The van der Waals surface area contributed by atoms with Crippen molar-refractivity contribution in [1.29, 1.82) is 0 Å². The highest BCUT2D eigenvalue weighted by atomic mass is 32.1. The van der Waals surface area contributed by atoms with Crippen molar-refractivity contribution in [3.05, 3.63) is 0 Å². The average molecular weight is 309 g/mol. The second-order valence-electron chi connectivity index (χ2n) is 4.55. The fraction of sp³-hybridized carbons (Fsp3) is 0.818. The van der Waals surface area contributed by atoms with Crippen molar-refractivity contribution in [2.75, 3.05) is 12.4 Å². The number of carbonyl (C=O) groups excluding carboxylic acids is 2. The summed E-state index contributed by atoms with van der Waals surface area (Å²) in [6.07, 6.45) is -2.00. The molecule has 20 heavy (non-hydrogen) atoms. The minimum Gasteiger partial charge on any atom is -0.394 e. The van der Waals surface area contributed by atoms with Crippen molar-refractivity contribution in [2.24, 2.45) is 5.73 Å².